The van der Waals surface area contributed by atoms with Gasteiger partial charge in [0.05, 0.1) is 6.61 Å². The van der Waals surface area contributed by atoms with E-state index in [1.165, 1.54) is 5.56 Å². The Morgan fingerprint density at radius 2 is 2.00 bits per heavy atom. The van der Waals surface area contributed by atoms with Crippen LogP contribution in [0.3, 0.4) is 0 Å². The molecule has 1 atom stereocenters. The van der Waals surface area contributed by atoms with E-state index in [2.05, 4.69) is 0 Å². The predicted octanol–water partition coefficient (Wildman–Crippen LogP) is 1.64. The molecule has 5 heteroatoms. The lowest BCUT2D eigenvalue weighted by Gasteiger charge is -2.24. The molecule has 1 heterocycles. The van der Waals surface area contributed by atoms with Crippen LogP contribution >= 0.6 is 0 Å². The maximum Gasteiger partial charge on any atom is 0.239 e. The fourth-order valence-corrected chi connectivity index (χ4v) is 3.23. The molecule has 1 saturated carbocycles. The van der Waals surface area contributed by atoms with Crippen LogP contribution in [0.25, 0.3) is 0 Å². The summed E-state index contributed by atoms with van der Waals surface area (Å²) in [6.07, 6.45) is 2.51. The van der Waals surface area contributed by atoms with Crippen molar-refractivity contribution in [1.29, 1.82) is 0 Å². The molecule has 0 spiro atoms. The summed E-state index contributed by atoms with van der Waals surface area (Å²) in [6, 6.07) is 6.18. The molecular weight excluding hydrogens is 292 g/mol. The van der Waals surface area contributed by atoms with E-state index >= 15 is 0 Å². The lowest BCUT2D eigenvalue weighted by molar-refractivity contribution is -0.140. The standard InChI is InChI=1S/C18H24N2O3/c1-12-3-4-15(11-13(12)2)19-8-7-16(17(19)22)18(23)20(9-10-21)14-5-6-14/h3-4,11,14,16,21H,5-10H2,1-2H3. The van der Waals surface area contributed by atoms with Crippen LogP contribution in [0.5, 0.6) is 0 Å². The quantitative estimate of drug-likeness (QED) is 0.840. The van der Waals surface area contributed by atoms with Crippen molar-refractivity contribution in [3.8, 4) is 0 Å². The van der Waals surface area contributed by atoms with Gasteiger partial charge in [0.25, 0.3) is 0 Å². The number of carbonyl (C=O) groups excluding carboxylic acids is 2. The maximum absolute atomic E-state index is 12.7. The monoisotopic (exact) mass is 316 g/mol. The van der Waals surface area contributed by atoms with E-state index in [1.807, 2.05) is 32.0 Å². The molecule has 1 unspecified atom stereocenters. The summed E-state index contributed by atoms with van der Waals surface area (Å²) in [7, 11) is 0. The van der Waals surface area contributed by atoms with E-state index < -0.39 is 5.92 Å². The second-order valence-corrected chi connectivity index (χ2v) is 6.59. The third-order valence-corrected chi connectivity index (χ3v) is 4.92. The van der Waals surface area contributed by atoms with Crippen LogP contribution in [-0.2, 0) is 9.59 Å². The molecule has 1 aliphatic carbocycles. The molecule has 124 valence electrons. The number of hydrogen-bond acceptors (Lipinski definition) is 3. The Morgan fingerprint density at radius 3 is 2.61 bits per heavy atom. The molecule has 1 aromatic carbocycles. The highest BCUT2D eigenvalue weighted by Gasteiger charge is 2.43. The summed E-state index contributed by atoms with van der Waals surface area (Å²) in [5.74, 6) is -0.816. The van der Waals surface area contributed by atoms with Crippen LogP contribution in [0.2, 0.25) is 0 Å². The van der Waals surface area contributed by atoms with Gasteiger partial charge in [-0.15, -0.1) is 0 Å². The average molecular weight is 316 g/mol. The number of amides is 2. The zero-order valence-electron chi connectivity index (χ0n) is 13.8. The van der Waals surface area contributed by atoms with Gasteiger partial charge in [0.2, 0.25) is 11.8 Å². The van der Waals surface area contributed by atoms with Crippen LogP contribution < -0.4 is 4.90 Å². The van der Waals surface area contributed by atoms with E-state index in [0.29, 0.717) is 19.5 Å². The van der Waals surface area contributed by atoms with Crippen LogP contribution in [0.15, 0.2) is 18.2 Å². The molecule has 2 amide bonds. The minimum Gasteiger partial charge on any atom is -0.395 e. The van der Waals surface area contributed by atoms with Crippen molar-refractivity contribution in [3.05, 3.63) is 29.3 Å². The first-order valence-electron chi connectivity index (χ1n) is 8.33. The molecule has 1 aliphatic heterocycles. The highest BCUT2D eigenvalue weighted by Crippen LogP contribution is 2.32. The zero-order valence-corrected chi connectivity index (χ0v) is 13.8. The number of aliphatic hydroxyl groups is 1. The molecule has 23 heavy (non-hydrogen) atoms. The fraction of sp³-hybridized carbons (Fsp3) is 0.556. The van der Waals surface area contributed by atoms with Crippen molar-refractivity contribution in [1.82, 2.24) is 4.90 Å². The molecule has 2 fully saturated rings. The molecule has 0 bridgehead atoms. The van der Waals surface area contributed by atoms with E-state index in [0.717, 1.165) is 24.1 Å². The molecule has 1 N–H and O–H groups in total. The van der Waals surface area contributed by atoms with Gasteiger partial charge in [-0.25, -0.2) is 0 Å². The van der Waals surface area contributed by atoms with E-state index in [-0.39, 0.29) is 24.5 Å². The van der Waals surface area contributed by atoms with Crippen molar-refractivity contribution in [3.63, 3.8) is 0 Å². The Balaban J connectivity index is 1.75. The Morgan fingerprint density at radius 1 is 1.26 bits per heavy atom. The number of anilines is 1. The highest BCUT2D eigenvalue weighted by atomic mass is 16.3. The minimum absolute atomic E-state index is 0.0516. The summed E-state index contributed by atoms with van der Waals surface area (Å²) < 4.78 is 0. The van der Waals surface area contributed by atoms with Gasteiger partial charge >= 0.3 is 0 Å². The van der Waals surface area contributed by atoms with Crippen LogP contribution in [0.1, 0.15) is 30.4 Å². The molecular formula is C18H24N2O3. The Kier molecular flexibility index (Phi) is 4.39. The third kappa shape index (κ3) is 3.11. The number of aliphatic hydroxyl groups excluding tert-OH is 1. The van der Waals surface area contributed by atoms with Gasteiger partial charge in [-0.3, -0.25) is 9.59 Å². The second-order valence-electron chi connectivity index (χ2n) is 6.59. The summed E-state index contributed by atoms with van der Waals surface area (Å²) in [5.41, 5.74) is 3.20. The molecule has 1 aromatic rings. The van der Waals surface area contributed by atoms with Gasteiger partial charge in [-0.2, -0.15) is 0 Å². The van der Waals surface area contributed by atoms with Gasteiger partial charge in [0, 0.05) is 24.8 Å². The molecule has 0 radical (unpaired) electrons. The Hall–Kier alpha value is -1.88. The van der Waals surface area contributed by atoms with Crippen LogP contribution in [-0.4, -0.2) is 47.6 Å². The van der Waals surface area contributed by atoms with Gasteiger partial charge in [0.1, 0.15) is 5.92 Å². The summed E-state index contributed by atoms with van der Waals surface area (Å²) in [5, 5.41) is 9.17. The molecule has 2 aliphatic rings. The topological polar surface area (TPSA) is 60.9 Å². The minimum atomic E-state index is -0.594. The number of carbonyl (C=O) groups is 2. The van der Waals surface area contributed by atoms with Crippen molar-refractivity contribution >= 4 is 17.5 Å². The van der Waals surface area contributed by atoms with Gasteiger partial charge in [-0.1, -0.05) is 6.07 Å². The highest BCUT2D eigenvalue weighted by molar-refractivity contribution is 6.09. The maximum atomic E-state index is 12.7. The second kappa shape index (κ2) is 6.32. The number of benzene rings is 1. The van der Waals surface area contributed by atoms with Crippen LogP contribution in [0, 0.1) is 19.8 Å². The molecule has 0 aromatic heterocycles. The molecule has 3 rings (SSSR count). The van der Waals surface area contributed by atoms with Crippen molar-refractivity contribution < 1.29 is 14.7 Å². The van der Waals surface area contributed by atoms with E-state index in [9.17, 15) is 9.59 Å². The number of nitrogens with zero attached hydrogens (tertiary/aromatic N) is 2. The normalized spacial score (nSPS) is 20.9. The van der Waals surface area contributed by atoms with Crippen molar-refractivity contribution in [2.24, 2.45) is 5.92 Å². The summed E-state index contributed by atoms with van der Waals surface area (Å²) in [6.45, 7) is 4.92. The van der Waals surface area contributed by atoms with Crippen LogP contribution in [0.4, 0.5) is 5.69 Å². The fourth-order valence-electron chi connectivity index (χ4n) is 3.23. The zero-order chi connectivity index (χ0) is 16.6. The third-order valence-electron chi connectivity index (χ3n) is 4.92. The lowest BCUT2D eigenvalue weighted by Crippen LogP contribution is -2.42. The van der Waals surface area contributed by atoms with Crippen molar-refractivity contribution in [2.75, 3.05) is 24.6 Å². The lowest BCUT2D eigenvalue weighted by atomic mass is 10.1. The van der Waals surface area contributed by atoms with Gasteiger partial charge < -0.3 is 14.9 Å². The Bertz CT molecular complexity index is 625. The predicted molar refractivity (Wildman–Crippen MR) is 88.2 cm³/mol. The van der Waals surface area contributed by atoms with E-state index in [4.69, 9.17) is 5.11 Å². The molecule has 1 saturated heterocycles. The number of rotatable bonds is 5. The summed E-state index contributed by atoms with van der Waals surface area (Å²) >= 11 is 0. The Labute approximate surface area is 136 Å². The van der Waals surface area contributed by atoms with Gasteiger partial charge in [0.15, 0.2) is 0 Å². The first-order chi connectivity index (χ1) is 11.0. The number of aryl methyl sites for hydroxylation is 2. The van der Waals surface area contributed by atoms with Gasteiger partial charge in [-0.05, 0) is 56.4 Å². The average Bonchev–Trinajstić information content (AvgIpc) is 3.29. The first-order valence-corrected chi connectivity index (χ1v) is 8.33. The largest absolute Gasteiger partial charge is 0.395 e. The van der Waals surface area contributed by atoms with E-state index in [1.54, 1.807) is 9.80 Å². The first kappa shape index (κ1) is 16.0. The summed E-state index contributed by atoms with van der Waals surface area (Å²) in [4.78, 5) is 28.8. The van der Waals surface area contributed by atoms with Crippen molar-refractivity contribution in [2.45, 2.75) is 39.2 Å². The SMILES string of the molecule is Cc1ccc(N2CCC(C(=O)N(CCO)C3CC3)C2=O)cc1C. The number of hydrogen-bond donors (Lipinski definition) is 1. The molecule has 5 nitrogen and oxygen atoms in total. The smallest absolute Gasteiger partial charge is 0.239 e.